The van der Waals surface area contributed by atoms with Gasteiger partial charge in [-0.3, -0.25) is 9.69 Å². The van der Waals surface area contributed by atoms with Gasteiger partial charge in [-0.1, -0.05) is 6.92 Å². The van der Waals surface area contributed by atoms with Gasteiger partial charge >= 0.3 is 5.97 Å². The lowest BCUT2D eigenvalue weighted by molar-refractivity contribution is -0.123. The Labute approximate surface area is 207 Å². The fourth-order valence-corrected chi connectivity index (χ4v) is 5.54. The molecule has 35 heavy (non-hydrogen) atoms. The van der Waals surface area contributed by atoms with Gasteiger partial charge in [-0.15, -0.1) is 16.4 Å². The van der Waals surface area contributed by atoms with Crippen molar-refractivity contribution in [1.29, 1.82) is 0 Å². The van der Waals surface area contributed by atoms with Crippen LogP contribution in [0.25, 0.3) is 21.2 Å². The van der Waals surface area contributed by atoms with Crippen molar-refractivity contribution in [2.75, 3.05) is 4.90 Å². The molecule has 9 nitrogen and oxygen atoms in total. The molecule has 1 aliphatic carbocycles. The summed E-state index contributed by atoms with van der Waals surface area (Å²) >= 11 is 1.45. The van der Waals surface area contributed by atoms with Crippen LogP contribution in [-0.4, -0.2) is 47.4 Å². The van der Waals surface area contributed by atoms with Gasteiger partial charge in [0.2, 0.25) is 5.91 Å². The van der Waals surface area contributed by atoms with Crippen molar-refractivity contribution in [2.45, 2.75) is 52.5 Å². The number of anilines is 1. The van der Waals surface area contributed by atoms with Crippen LogP contribution < -0.4 is 4.90 Å². The Morgan fingerprint density at radius 1 is 1.17 bits per heavy atom. The number of fused-ring (bicyclic) bond motifs is 1. The Morgan fingerprint density at radius 3 is 2.63 bits per heavy atom. The molecule has 0 saturated heterocycles. The van der Waals surface area contributed by atoms with Crippen LogP contribution in [0.1, 0.15) is 56.8 Å². The smallest absolute Gasteiger partial charge is 0.341 e. The third-order valence-electron chi connectivity index (χ3n) is 6.58. The number of carbonyl (C=O) groups excluding carboxylic acids is 1. The quantitative estimate of drug-likeness (QED) is 0.410. The van der Waals surface area contributed by atoms with E-state index in [-0.39, 0.29) is 29.2 Å². The molecule has 0 bridgehead atoms. The highest BCUT2D eigenvalue weighted by molar-refractivity contribution is 7.17. The van der Waals surface area contributed by atoms with Gasteiger partial charge in [0.1, 0.15) is 16.3 Å². The van der Waals surface area contributed by atoms with Gasteiger partial charge in [0.15, 0.2) is 11.5 Å². The summed E-state index contributed by atoms with van der Waals surface area (Å²) in [4.78, 5) is 32.5. The van der Waals surface area contributed by atoms with E-state index in [1.165, 1.54) is 17.5 Å². The fraction of sp³-hybridized carbons (Fsp3) is 0.400. The first-order valence-electron chi connectivity index (χ1n) is 11.9. The van der Waals surface area contributed by atoms with Crippen LogP contribution in [-0.2, 0) is 4.79 Å². The number of aromatic carboxylic acids is 1. The average Bonchev–Trinajstić information content (AvgIpc) is 3.57. The van der Waals surface area contributed by atoms with Gasteiger partial charge in [-0.25, -0.2) is 19.0 Å². The normalized spacial score (nSPS) is 18.3. The summed E-state index contributed by atoms with van der Waals surface area (Å²) in [6, 6.07) is 7.31. The predicted molar refractivity (Wildman–Crippen MR) is 134 cm³/mol. The number of thiophene rings is 1. The first kappa shape index (κ1) is 23.2. The molecule has 0 aromatic carbocycles. The highest BCUT2D eigenvalue weighted by Gasteiger charge is 2.34. The molecule has 5 rings (SSSR count). The first-order chi connectivity index (χ1) is 16.8. The van der Waals surface area contributed by atoms with Gasteiger partial charge < -0.3 is 5.11 Å². The van der Waals surface area contributed by atoms with Gasteiger partial charge in [0.05, 0.1) is 4.88 Å². The van der Waals surface area contributed by atoms with Crippen molar-refractivity contribution >= 4 is 34.7 Å². The van der Waals surface area contributed by atoms with Crippen LogP contribution >= 0.6 is 11.3 Å². The highest BCUT2D eigenvalue weighted by Crippen LogP contribution is 2.34. The number of aromatic nitrogens is 5. The van der Waals surface area contributed by atoms with Gasteiger partial charge in [0.25, 0.3) is 0 Å². The molecule has 1 N–H and O–H groups in total. The topological polar surface area (TPSA) is 106 Å². The van der Waals surface area contributed by atoms with Crippen molar-refractivity contribution in [3.05, 3.63) is 48.4 Å². The maximum absolute atomic E-state index is 13.5. The number of hydrogen-bond donors (Lipinski definition) is 1. The molecule has 4 heterocycles. The SMILES string of the molecule is CC1CCC(C(=O)N(c2nn(-c3ccc(-c4cc5ncccn5n4)s3)cc2C(=O)O)C(C)C)CC1. The Balaban J connectivity index is 1.48. The van der Waals surface area contributed by atoms with Crippen LogP contribution in [0.4, 0.5) is 5.82 Å². The lowest BCUT2D eigenvalue weighted by Crippen LogP contribution is -2.43. The average molecular weight is 493 g/mol. The Morgan fingerprint density at radius 2 is 1.94 bits per heavy atom. The zero-order valence-electron chi connectivity index (χ0n) is 20.0. The summed E-state index contributed by atoms with van der Waals surface area (Å²) in [6.07, 6.45) is 8.73. The van der Waals surface area contributed by atoms with Gasteiger partial charge in [-0.2, -0.15) is 5.10 Å². The molecule has 0 atom stereocenters. The van der Waals surface area contributed by atoms with E-state index in [4.69, 9.17) is 0 Å². The molecule has 4 aromatic heterocycles. The van der Waals surface area contributed by atoms with Crippen LogP contribution in [0.5, 0.6) is 0 Å². The van der Waals surface area contributed by atoms with Gasteiger partial charge in [0, 0.05) is 36.6 Å². The largest absolute Gasteiger partial charge is 0.477 e. The van der Waals surface area contributed by atoms with Crippen molar-refractivity contribution in [2.24, 2.45) is 11.8 Å². The summed E-state index contributed by atoms with van der Waals surface area (Å²) in [6.45, 7) is 6.01. The molecular formula is C25H28N6O3S. The summed E-state index contributed by atoms with van der Waals surface area (Å²) < 4.78 is 3.26. The van der Waals surface area contributed by atoms with Crippen molar-refractivity contribution < 1.29 is 14.7 Å². The van der Waals surface area contributed by atoms with Crippen molar-refractivity contribution in [3.8, 4) is 15.6 Å². The minimum atomic E-state index is -1.11. The van der Waals surface area contributed by atoms with Crippen molar-refractivity contribution in [1.82, 2.24) is 24.4 Å². The molecule has 1 aliphatic rings. The number of carbonyl (C=O) groups is 2. The molecule has 0 radical (unpaired) electrons. The molecular weight excluding hydrogens is 464 g/mol. The molecule has 1 amide bonds. The second kappa shape index (κ2) is 9.26. The molecule has 4 aromatic rings. The Bertz CT molecular complexity index is 1350. The lowest BCUT2D eigenvalue weighted by atomic mass is 9.82. The monoisotopic (exact) mass is 492 g/mol. The molecule has 0 aliphatic heterocycles. The predicted octanol–water partition coefficient (Wildman–Crippen LogP) is 4.91. The second-order valence-corrected chi connectivity index (χ2v) is 10.5. The van der Waals surface area contributed by atoms with E-state index >= 15 is 0 Å². The third kappa shape index (κ3) is 4.45. The van der Waals surface area contributed by atoms with E-state index in [2.05, 4.69) is 22.1 Å². The number of carboxylic acid groups (broad SMARTS) is 1. The van der Waals surface area contributed by atoms with Crippen LogP contribution in [0.15, 0.2) is 42.9 Å². The summed E-state index contributed by atoms with van der Waals surface area (Å²) in [5, 5.41) is 19.9. The number of nitrogens with zero attached hydrogens (tertiary/aromatic N) is 6. The number of carboxylic acids is 1. The number of rotatable bonds is 6. The summed E-state index contributed by atoms with van der Waals surface area (Å²) in [5.41, 5.74) is 1.54. The molecule has 10 heteroatoms. The third-order valence-corrected chi connectivity index (χ3v) is 7.68. The summed E-state index contributed by atoms with van der Waals surface area (Å²) in [5.74, 6) is -0.425. The van der Waals surface area contributed by atoms with Crippen LogP contribution in [0.3, 0.4) is 0 Å². The van der Waals surface area contributed by atoms with E-state index in [0.717, 1.165) is 46.9 Å². The maximum atomic E-state index is 13.5. The van der Waals surface area contributed by atoms with Crippen LogP contribution in [0, 0.1) is 11.8 Å². The minimum Gasteiger partial charge on any atom is -0.477 e. The molecule has 1 fully saturated rings. The van der Waals surface area contributed by atoms with E-state index in [1.807, 2.05) is 44.3 Å². The van der Waals surface area contributed by atoms with Crippen LogP contribution in [0.2, 0.25) is 0 Å². The minimum absolute atomic E-state index is 0.0168. The van der Waals surface area contributed by atoms with E-state index in [0.29, 0.717) is 5.92 Å². The first-order valence-corrected chi connectivity index (χ1v) is 12.7. The zero-order chi connectivity index (χ0) is 24.7. The lowest BCUT2D eigenvalue weighted by Gasteiger charge is -2.32. The fourth-order valence-electron chi connectivity index (χ4n) is 4.65. The van der Waals surface area contributed by atoms with Crippen molar-refractivity contribution in [3.63, 3.8) is 0 Å². The zero-order valence-corrected chi connectivity index (χ0v) is 20.8. The molecule has 0 unspecified atom stereocenters. The number of amides is 1. The van der Waals surface area contributed by atoms with E-state index in [1.54, 1.807) is 20.3 Å². The Kier molecular flexibility index (Phi) is 6.14. The molecule has 0 spiro atoms. The summed E-state index contributed by atoms with van der Waals surface area (Å²) in [7, 11) is 0. The molecule has 1 saturated carbocycles. The molecule has 182 valence electrons. The maximum Gasteiger partial charge on any atom is 0.341 e. The second-order valence-electron chi connectivity index (χ2n) is 9.46. The highest BCUT2D eigenvalue weighted by atomic mass is 32.1. The van der Waals surface area contributed by atoms with E-state index in [9.17, 15) is 14.7 Å². The van der Waals surface area contributed by atoms with E-state index < -0.39 is 5.97 Å². The standard InChI is InChI=1S/C25H28N6O3S/c1-15(2)31(24(32)17-7-5-16(3)6-8-17)23-18(25(33)34)14-30(28-23)22-10-9-20(35-22)19-13-21-26-11-4-12-29(21)27-19/h4,9-17H,5-8H2,1-3H3,(H,33,34). The number of hydrogen-bond acceptors (Lipinski definition) is 6. The van der Waals surface area contributed by atoms with Gasteiger partial charge in [-0.05, 0) is 63.6 Å². The Hall–Kier alpha value is -3.53.